The summed E-state index contributed by atoms with van der Waals surface area (Å²) in [5, 5.41) is 12.5. The molecule has 0 bridgehead atoms. The molecule has 0 saturated carbocycles. The molecule has 0 radical (unpaired) electrons. The summed E-state index contributed by atoms with van der Waals surface area (Å²) in [4.78, 5) is 4.46. The molecule has 1 atom stereocenters. The van der Waals surface area contributed by atoms with E-state index in [9.17, 15) is 4.39 Å². The second-order valence-electron chi connectivity index (χ2n) is 6.91. The molecule has 2 aromatic heterocycles. The first kappa shape index (κ1) is 17.1. The van der Waals surface area contributed by atoms with Crippen LogP contribution < -0.4 is 9.47 Å². The van der Waals surface area contributed by atoms with Gasteiger partial charge in [-0.25, -0.2) is 9.07 Å². The Morgan fingerprint density at radius 1 is 1.03 bits per heavy atom. The van der Waals surface area contributed by atoms with Crippen LogP contribution >= 0.6 is 0 Å². The van der Waals surface area contributed by atoms with Gasteiger partial charge in [-0.1, -0.05) is 22.5 Å². The van der Waals surface area contributed by atoms with Crippen LogP contribution in [-0.4, -0.2) is 31.9 Å². The van der Waals surface area contributed by atoms with Crippen molar-refractivity contribution in [3.05, 3.63) is 59.5 Å². The molecular formula is C20H14FN5O4. The number of ether oxygens (including phenoxy) is 3. The SMILES string of the molecule is Fc1ccc([C@H]2Cn3nnc(-c4nc(-c5ccc6c(c5)OCO6)no4)c3CO2)cc1. The minimum Gasteiger partial charge on any atom is -0.454 e. The van der Waals surface area contributed by atoms with Gasteiger partial charge >= 0.3 is 0 Å². The molecule has 0 N–H and O–H groups in total. The molecule has 0 fully saturated rings. The highest BCUT2D eigenvalue weighted by Crippen LogP contribution is 2.36. The van der Waals surface area contributed by atoms with Gasteiger partial charge < -0.3 is 18.7 Å². The normalized spacial score (nSPS) is 17.2. The monoisotopic (exact) mass is 407 g/mol. The van der Waals surface area contributed by atoms with Gasteiger partial charge in [-0.2, -0.15) is 4.98 Å². The van der Waals surface area contributed by atoms with Crippen molar-refractivity contribution >= 4 is 0 Å². The van der Waals surface area contributed by atoms with Crippen molar-refractivity contribution in [1.82, 2.24) is 25.1 Å². The third kappa shape index (κ3) is 2.80. The summed E-state index contributed by atoms with van der Waals surface area (Å²) in [7, 11) is 0. The zero-order valence-corrected chi connectivity index (χ0v) is 15.5. The lowest BCUT2D eigenvalue weighted by atomic mass is 10.1. The molecule has 4 aromatic rings. The van der Waals surface area contributed by atoms with Crippen LogP contribution in [0.25, 0.3) is 23.0 Å². The highest BCUT2D eigenvalue weighted by Gasteiger charge is 2.28. The topological polar surface area (TPSA) is 97.3 Å². The van der Waals surface area contributed by atoms with E-state index in [0.29, 0.717) is 29.6 Å². The van der Waals surface area contributed by atoms with Crippen LogP contribution in [0.1, 0.15) is 17.4 Å². The van der Waals surface area contributed by atoms with Gasteiger partial charge in [-0.05, 0) is 35.9 Å². The number of halogens is 1. The maximum absolute atomic E-state index is 13.2. The number of hydrogen-bond acceptors (Lipinski definition) is 8. The second-order valence-corrected chi connectivity index (χ2v) is 6.91. The Morgan fingerprint density at radius 3 is 2.80 bits per heavy atom. The number of rotatable bonds is 3. The molecule has 2 aliphatic heterocycles. The fourth-order valence-electron chi connectivity index (χ4n) is 3.53. The highest BCUT2D eigenvalue weighted by molar-refractivity contribution is 5.63. The van der Waals surface area contributed by atoms with Crippen LogP contribution in [0.15, 0.2) is 47.0 Å². The molecule has 30 heavy (non-hydrogen) atoms. The van der Waals surface area contributed by atoms with E-state index >= 15 is 0 Å². The van der Waals surface area contributed by atoms with Crippen LogP contribution in [0, 0.1) is 5.82 Å². The third-order valence-corrected chi connectivity index (χ3v) is 5.10. The lowest BCUT2D eigenvalue weighted by molar-refractivity contribution is -0.00120. The van der Waals surface area contributed by atoms with Crippen molar-refractivity contribution in [2.24, 2.45) is 0 Å². The Labute approximate surface area is 169 Å². The van der Waals surface area contributed by atoms with Gasteiger partial charge in [0.05, 0.1) is 18.8 Å². The lowest BCUT2D eigenvalue weighted by Crippen LogP contribution is -2.22. The predicted octanol–water partition coefficient (Wildman–Crippen LogP) is 3.13. The van der Waals surface area contributed by atoms with Crippen LogP contribution in [-0.2, 0) is 17.9 Å². The largest absolute Gasteiger partial charge is 0.454 e. The van der Waals surface area contributed by atoms with E-state index in [2.05, 4.69) is 20.5 Å². The van der Waals surface area contributed by atoms with Gasteiger partial charge in [0.25, 0.3) is 5.89 Å². The van der Waals surface area contributed by atoms with E-state index in [0.717, 1.165) is 16.8 Å². The maximum atomic E-state index is 13.2. The average Bonchev–Trinajstić information content (AvgIpc) is 3.51. The Hall–Kier alpha value is -3.79. The molecule has 0 aliphatic carbocycles. The molecule has 4 heterocycles. The van der Waals surface area contributed by atoms with Crippen LogP contribution in [0.4, 0.5) is 4.39 Å². The smallest absolute Gasteiger partial charge is 0.280 e. The lowest BCUT2D eigenvalue weighted by Gasteiger charge is -2.24. The standard InChI is InChI=1S/C20H14FN5O4/c21-13-4-1-11(2-5-13)17-8-26-14(9-27-17)18(23-25-26)20-22-19(24-30-20)12-3-6-15-16(7-12)29-10-28-15/h1-7,17H,8-10H2/t17-/m1/s1. The van der Waals surface area contributed by atoms with Crippen molar-refractivity contribution in [1.29, 1.82) is 0 Å². The molecule has 0 amide bonds. The first-order valence-corrected chi connectivity index (χ1v) is 9.28. The van der Waals surface area contributed by atoms with Crippen molar-refractivity contribution < 1.29 is 23.1 Å². The van der Waals surface area contributed by atoms with Gasteiger partial charge in [-0.3, -0.25) is 0 Å². The minimum absolute atomic E-state index is 0.196. The number of fused-ring (bicyclic) bond motifs is 2. The molecule has 0 spiro atoms. The third-order valence-electron chi connectivity index (χ3n) is 5.10. The quantitative estimate of drug-likeness (QED) is 0.511. The summed E-state index contributed by atoms with van der Waals surface area (Å²) in [5.41, 5.74) is 2.84. The average molecular weight is 407 g/mol. The molecular weight excluding hydrogens is 393 g/mol. The molecule has 2 aliphatic rings. The van der Waals surface area contributed by atoms with Gasteiger partial charge in [-0.15, -0.1) is 5.10 Å². The van der Waals surface area contributed by atoms with E-state index in [1.54, 1.807) is 28.9 Å². The zero-order chi connectivity index (χ0) is 20.1. The maximum Gasteiger partial charge on any atom is 0.280 e. The van der Waals surface area contributed by atoms with E-state index in [1.807, 2.05) is 6.07 Å². The van der Waals surface area contributed by atoms with Crippen LogP contribution in [0.2, 0.25) is 0 Å². The summed E-state index contributed by atoms with van der Waals surface area (Å²) in [6.45, 7) is 0.922. The van der Waals surface area contributed by atoms with E-state index in [1.165, 1.54) is 12.1 Å². The highest BCUT2D eigenvalue weighted by atomic mass is 19.1. The minimum atomic E-state index is -0.284. The first-order chi connectivity index (χ1) is 14.7. The first-order valence-electron chi connectivity index (χ1n) is 9.28. The summed E-state index contributed by atoms with van der Waals surface area (Å²) < 4.78 is 37.0. The molecule has 6 rings (SSSR count). The van der Waals surface area contributed by atoms with Gasteiger partial charge in [0, 0.05) is 5.56 Å². The van der Waals surface area contributed by atoms with Crippen LogP contribution in [0.5, 0.6) is 11.5 Å². The summed E-state index contributed by atoms with van der Waals surface area (Å²) >= 11 is 0. The number of nitrogens with zero attached hydrogens (tertiary/aromatic N) is 5. The van der Waals surface area contributed by atoms with Gasteiger partial charge in [0.2, 0.25) is 12.6 Å². The number of hydrogen-bond donors (Lipinski definition) is 0. The summed E-state index contributed by atoms with van der Waals surface area (Å²) in [6, 6.07) is 11.7. The summed E-state index contributed by atoms with van der Waals surface area (Å²) in [6.07, 6.45) is -0.237. The van der Waals surface area contributed by atoms with Crippen molar-refractivity contribution in [2.45, 2.75) is 19.3 Å². The summed E-state index contributed by atoms with van der Waals surface area (Å²) in [5.74, 6) is 1.70. The van der Waals surface area contributed by atoms with Crippen LogP contribution in [0.3, 0.4) is 0 Å². The number of aromatic nitrogens is 5. The second kappa shape index (κ2) is 6.63. The van der Waals surface area contributed by atoms with Gasteiger partial charge in [0.1, 0.15) is 11.9 Å². The zero-order valence-electron chi connectivity index (χ0n) is 15.5. The fraction of sp³-hybridized carbons (Fsp3) is 0.200. The Bertz CT molecular complexity index is 1240. The molecule has 2 aromatic carbocycles. The molecule has 150 valence electrons. The van der Waals surface area contributed by atoms with Crippen molar-refractivity contribution in [3.63, 3.8) is 0 Å². The molecule has 9 nitrogen and oxygen atoms in total. The van der Waals surface area contributed by atoms with E-state index in [-0.39, 0.29) is 31.2 Å². The molecule has 0 saturated heterocycles. The van der Waals surface area contributed by atoms with Crippen molar-refractivity contribution in [2.75, 3.05) is 6.79 Å². The van der Waals surface area contributed by atoms with E-state index in [4.69, 9.17) is 18.7 Å². The number of benzene rings is 2. The Kier molecular flexibility index (Phi) is 3.78. The molecule has 10 heteroatoms. The fourth-order valence-corrected chi connectivity index (χ4v) is 3.53. The van der Waals surface area contributed by atoms with E-state index < -0.39 is 0 Å². The Morgan fingerprint density at radius 2 is 1.90 bits per heavy atom. The predicted molar refractivity (Wildman–Crippen MR) is 98.8 cm³/mol. The Balaban J connectivity index is 1.27. The van der Waals surface area contributed by atoms with Crippen molar-refractivity contribution in [3.8, 4) is 34.5 Å². The van der Waals surface area contributed by atoms with Gasteiger partial charge in [0.15, 0.2) is 17.2 Å². The molecule has 0 unspecified atom stereocenters.